The van der Waals surface area contributed by atoms with E-state index in [0.717, 1.165) is 55.0 Å². The maximum atomic E-state index is 10.3. The molecule has 2 heteroatoms. The van der Waals surface area contributed by atoms with Crippen molar-refractivity contribution in [3.8, 4) is 0 Å². The van der Waals surface area contributed by atoms with Gasteiger partial charge in [-0.15, -0.1) is 0 Å². The largest absolute Gasteiger partial charge is 0.393 e. The van der Waals surface area contributed by atoms with E-state index in [-0.39, 0.29) is 11.7 Å². The van der Waals surface area contributed by atoms with Crippen molar-refractivity contribution < 1.29 is 9.84 Å². The van der Waals surface area contributed by atoms with Crippen molar-refractivity contribution >= 4 is 0 Å². The van der Waals surface area contributed by atoms with E-state index in [2.05, 4.69) is 27.7 Å². The average molecular weight is 403 g/mol. The van der Waals surface area contributed by atoms with Gasteiger partial charge in [-0.25, -0.2) is 0 Å². The van der Waals surface area contributed by atoms with Gasteiger partial charge in [-0.2, -0.15) is 0 Å². The number of ether oxygens (including phenoxy) is 1. The van der Waals surface area contributed by atoms with Crippen LogP contribution in [0.5, 0.6) is 0 Å². The zero-order valence-corrected chi connectivity index (χ0v) is 19.6. The minimum Gasteiger partial charge on any atom is -0.393 e. The van der Waals surface area contributed by atoms with Crippen LogP contribution in [0.3, 0.4) is 0 Å². The molecule has 0 aromatic heterocycles. The van der Waals surface area contributed by atoms with Crippen LogP contribution in [0.25, 0.3) is 0 Å². The van der Waals surface area contributed by atoms with E-state index < -0.39 is 0 Å². The van der Waals surface area contributed by atoms with E-state index in [9.17, 15) is 5.11 Å². The third-order valence-corrected chi connectivity index (χ3v) is 11.4. The molecule has 10 atom stereocenters. The van der Waals surface area contributed by atoms with Crippen molar-refractivity contribution in [2.24, 2.45) is 46.3 Å². The summed E-state index contributed by atoms with van der Waals surface area (Å²) in [5.41, 5.74) is 1.35. The fraction of sp³-hybridized carbons (Fsp3) is 1.00. The lowest BCUT2D eigenvalue weighted by Crippen LogP contribution is -2.54. The zero-order valence-electron chi connectivity index (χ0n) is 19.6. The predicted octanol–water partition coefficient (Wildman–Crippen LogP) is 6.60. The molecule has 2 nitrogen and oxygen atoms in total. The highest BCUT2D eigenvalue weighted by molar-refractivity contribution is 5.09. The van der Waals surface area contributed by atoms with Crippen LogP contribution in [0.1, 0.15) is 105 Å². The van der Waals surface area contributed by atoms with Gasteiger partial charge in [-0.1, -0.05) is 33.6 Å². The van der Waals surface area contributed by atoms with E-state index >= 15 is 0 Å². The van der Waals surface area contributed by atoms with Gasteiger partial charge in [0.2, 0.25) is 0 Å². The number of fused-ring (bicyclic) bond motifs is 5. The first-order valence-electron chi connectivity index (χ1n) is 13.1. The number of hydrogen-bond acceptors (Lipinski definition) is 2. The van der Waals surface area contributed by atoms with Gasteiger partial charge < -0.3 is 9.84 Å². The molecule has 29 heavy (non-hydrogen) atoms. The Hall–Kier alpha value is -0.0800. The molecular weight excluding hydrogens is 356 g/mol. The second-order valence-corrected chi connectivity index (χ2v) is 12.9. The molecule has 0 aromatic carbocycles. The Labute approximate surface area is 179 Å². The molecule has 0 radical (unpaired) electrons. The molecule has 1 saturated heterocycles. The summed E-state index contributed by atoms with van der Waals surface area (Å²) in [4.78, 5) is 0. The van der Waals surface area contributed by atoms with E-state index in [4.69, 9.17) is 4.74 Å². The van der Waals surface area contributed by atoms with Gasteiger partial charge >= 0.3 is 0 Å². The Morgan fingerprint density at radius 2 is 1.66 bits per heavy atom. The Bertz CT molecular complexity index is 612. The van der Waals surface area contributed by atoms with Crippen LogP contribution in [0.4, 0.5) is 0 Å². The first-order valence-corrected chi connectivity index (χ1v) is 13.1. The lowest BCUT2D eigenvalue weighted by Gasteiger charge is -2.61. The maximum Gasteiger partial charge on any atom is 0.0888 e. The summed E-state index contributed by atoms with van der Waals surface area (Å²) >= 11 is 0. The molecule has 4 saturated carbocycles. The minimum absolute atomic E-state index is 0.0153. The van der Waals surface area contributed by atoms with Crippen LogP contribution in [-0.4, -0.2) is 23.4 Å². The van der Waals surface area contributed by atoms with Crippen molar-refractivity contribution in [1.29, 1.82) is 0 Å². The number of rotatable bonds is 5. The normalized spacial score (nSPS) is 54.9. The lowest BCUT2D eigenvalue weighted by molar-refractivity contribution is -0.129. The average Bonchev–Trinajstić information content (AvgIpc) is 3.29. The number of epoxide rings is 1. The van der Waals surface area contributed by atoms with Crippen LogP contribution in [0.15, 0.2) is 0 Å². The van der Waals surface area contributed by atoms with Crippen molar-refractivity contribution in [2.45, 2.75) is 116 Å². The molecule has 0 aromatic rings. The number of aliphatic hydroxyl groups excluding tert-OH is 1. The first kappa shape index (κ1) is 20.8. The highest BCUT2D eigenvalue weighted by Gasteiger charge is 2.60. The van der Waals surface area contributed by atoms with Gasteiger partial charge in [0, 0.05) is 0 Å². The summed E-state index contributed by atoms with van der Waals surface area (Å²) in [6.45, 7) is 11.2. The standard InChI is InChI=1S/C27H46O2/c1-18(6-5-13-25(2)17-29-25)22-9-10-23-21-8-7-19-16-20(28)11-14-26(19,3)24(21)12-15-27(22,23)4/h18-24,28H,5-17H2,1-4H3/t18-,19+,20+,21+,22-,23+,24+,25?,26+,27-/m1/s1. The van der Waals surface area contributed by atoms with Gasteiger partial charge in [0.15, 0.2) is 0 Å². The Morgan fingerprint density at radius 1 is 0.931 bits per heavy atom. The topological polar surface area (TPSA) is 32.8 Å². The summed E-state index contributed by atoms with van der Waals surface area (Å²) < 4.78 is 5.61. The monoisotopic (exact) mass is 402 g/mol. The quantitative estimate of drug-likeness (QED) is 0.525. The summed E-state index contributed by atoms with van der Waals surface area (Å²) in [5, 5.41) is 10.3. The fourth-order valence-electron chi connectivity index (χ4n) is 9.48. The molecule has 5 fully saturated rings. The predicted molar refractivity (Wildman–Crippen MR) is 119 cm³/mol. The molecule has 5 rings (SSSR count). The van der Waals surface area contributed by atoms with E-state index in [1.54, 1.807) is 0 Å². The molecule has 1 heterocycles. The smallest absolute Gasteiger partial charge is 0.0888 e. The molecule has 0 spiro atoms. The zero-order chi connectivity index (χ0) is 20.4. The minimum atomic E-state index is -0.0153. The van der Waals surface area contributed by atoms with Gasteiger partial charge in [0.1, 0.15) is 0 Å². The molecule has 166 valence electrons. The Kier molecular flexibility index (Phi) is 5.18. The Balaban J connectivity index is 1.27. The highest BCUT2D eigenvalue weighted by Crippen LogP contribution is 2.68. The second kappa shape index (κ2) is 7.22. The van der Waals surface area contributed by atoms with Gasteiger partial charge in [-0.3, -0.25) is 0 Å². The van der Waals surface area contributed by atoms with Crippen molar-refractivity contribution in [3.05, 3.63) is 0 Å². The van der Waals surface area contributed by atoms with Crippen LogP contribution in [0.2, 0.25) is 0 Å². The summed E-state index contributed by atoms with van der Waals surface area (Å²) in [5.74, 6) is 5.50. The molecule has 1 unspecified atom stereocenters. The molecule has 1 aliphatic heterocycles. The second-order valence-electron chi connectivity index (χ2n) is 12.9. The van der Waals surface area contributed by atoms with Crippen LogP contribution in [-0.2, 0) is 4.74 Å². The summed E-state index contributed by atoms with van der Waals surface area (Å²) in [6.07, 6.45) is 16.2. The van der Waals surface area contributed by atoms with E-state index in [0.29, 0.717) is 10.8 Å². The van der Waals surface area contributed by atoms with Gasteiger partial charge in [0.05, 0.1) is 18.3 Å². The van der Waals surface area contributed by atoms with E-state index in [1.807, 2.05) is 0 Å². The molecule has 0 amide bonds. The molecular formula is C27H46O2. The van der Waals surface area contributed by atoms with E-state index in [1.165, 1.54) is 64.2 Å². The molecule has 1 N–H and O–H groups in total. The van der Waals surface area contributed by atoms with Crippen LogP contribution in [0, 0.1) is 46.3 Å². The number of hydrogen-bond donors (Lipinski definition) is 1. The lowest BCUT2D eigenvalue weighted by atomic mass is 9.44. The van der Waals surface area contributed by atoms with Crippen molar-refractivity contribution in [3.63, 3.8) is 0 Å². The summed E-state index contributed by atoms with van der Waals surface area (Å²) in [6, 6.07) is 0. The fourth-order valence-corrected chi connectivity index (χ4v) is 9.48. The highest BCUT2D eigenvalue weighted by atomic mass is 16.6. The number of aliphatic hydroxyl groups is 1. The van der Waals surface area contributed by atoms with Crippen molar-refractivity contribution in [2.75, 3.05) is 6.61 Å². The first-order chi connectivity index (χ1) is 13.8. The summed E-state index contributed by atoms with van der Waals surface area (Å²) in [7, 11) is 0. The molecule has 0 bridgehead atoms. The van der Waals surface area contributed by atoms with Gasteiger partial charge in [-0.05, 0) is 117 Å². The van der Waals surface area contributed by atoms with Crippen LogP contribution < -0.4 is 0 Å². The Morgan fingerprint density at radius 3 is 2.41 bits per heavy atom. The van der Waals surface area contributed by atoms with Crippen molar-refractivity contribution in [1.82, 2.24) is 0 Å². The van der Waals surface area contributed by atoms with Gasteiger partial charge in [0.25, 0.3) is 0 Å². The third-order valence-electron chi connectivity index (χ3n) is 11.4. The third kappa shape index (κ3) is 3.43. The SMILES string of the molecule is C[C@H](CCCC1(C)CO1)[C@H]1CC[C@H]2[C@@H]3CC[C@H]4C[C@@H](O)CC[C@]4(C)[C@H]3CC[C@]12C. The molecule has 5 aliphatic rings. The van der Waals surface area contributed by atoms with Crippen LogP contribution >= 0.6 is 0 Å². The molecule has 4 aliphatic carbocycles. The maximum absolute atomic E-state index is 10.3.